The Morgan fingerprint density at radius 2 is 1.79 bits per heavy atom. The predicted molar refractivity (Wildman–Crippen MR) is 132 cm³/mol. The molecule has 9 heteroatoms. The number of benzene rings is 2. The van der Waals surface area contributed by atoms with Crippen LogP contribution in [0.15, 0.2) is 53.7 Å². The number of ketones is 1. The van der Waals surface area contributed by atoms with Crippen LogP contribution in [0.4, 0.5) is 5.95 Å². The number of hydrogen-bond donors (Lipinski definition) is 1. The zero-order chi connectivity index (χ0) is 23.4. The van der Waals surface area contributed by atoms with Crippen LogP contribution in [0.1, 0.15) is 48.7 Å². The van der Waals surface area contributed by atoms with E-state index in [1.54, 1.807) is 12.1 Å². The number of nitrogens with one attached hydrogen (secondary N) is 1. The molecule has 0 spiro atoms. The SMILES string of the molecule is CC(=O)NC(C)c1ccc(C(=O)CSc2nnc(N3CCCC3)n2-c2ccccc2Cl)cc1. The third-order valence-electron chi connectivity index (χ3n) is 5.58. The Morgan fingerprint density at radius 1 is 1.09 bits per heavy atom. The highest BCUT2D eigenvalue weighted by atomic mass is 35.5. The number of aromatic nitrogens is 3. The molecule has 1 aliphatic rings. The standard InChI is InChI=1S/C24H26ClN5O2S/c1-16(26-17(2)31)18-9-11-19(12-10-18)22(32)15-33-24-28-27-23(29-13-5-6-14-29)30(24)21-8-4-3-7-20(21)25/h3-4,7-12,16H,5-6,13-15H2,1-2H3,(H,26,31). The van der Waals surface area contributed by atoms with Crippen molar-refractivity contribution in [3.63, 3.8) is 0 Å². The van der Waals surface area contributed by atoms with E-state index in [2.05, 4.69) is 20.4 Å². The summed E-state index contributed by atoms with van der Waals surface area (Å²) in [5.41, 5.74) is 2.37. The fourth-order valence-electron chi connectivity index (χ4n) is 3.88. The van der Waals surface area contributed by atoms with Gasteiger partial charge in [0.05, 0.1) is 22.5 Å². The lowest BCUT2D eigenvalue weighted by atomic mass is 10.0. The number of carbonyl (C=O) groups excluding carboxylic acids is 2. The van der Waals surface area contributed by atoms with Crippen LogP contribution in [-0.2, 0) is 4.79 Å². The Labute approximate surface area is 202 Å². The van der Waals surface area contributed by atoms with Gasteiger partial charge in [0.2, 0.25) is 11.9 Å². The van der Waals surface area contributed by atoms with E-state index in [1.165, 1.54) is 18.7 Å². The maximum Gasteiger partial charge on any atom is 0.232 e. The quantitative estimate of drug-likeness (QED) is 0.369. The number of rotatable bonds is 8. The van der Waals surface area contributed by atoms with Crippen molar-refractivity contribution in [1.29, 1.82) is 0 Å². The summed E-state index contributed by atoms with van der Waals surface area (Å²) in [6.07, 6.45) is 2.24. The van der Waals surface area contributed by atoms with E-state index in [0.717, 1.165) is 43.1 Å². The lowest BCUT2D eigenvalue weighted by molar-refractivity contribution is -0.119. The van der Waals surface area contributed by atoms with Crippen LogP contribution in [0.5, 0.6) is 0 Å². The van der Waals surface area contributed by atoms with Gasteiger partial charge in [0, 0.05) is 25.6 Å². The van der Waals surface area contributed by atoms with Gasteiger partial charge in [0.1, 0.15) is 0 Å². The zero-order valence-electron chi connectivity index (χ0n) is 18.6. The second-order valence-electron chi connectivity index (χ2n) is 8.02. The predicted octanol–water partition coefficient (Wildman–Crippen LogP) is 4.69. The van der Waals surface area contributed by atoms with Crippen LogP contribution in [0.25, 0.3) is 5.69 Å². The second-order valence-corrected chi connectivity index (χ2v) is 9.37. The van der Waals surface area contributed by atoms with Crippen molar-refractivity contribution in [2.45, 2.75) is 37.9 Å². The second kappa shape index (κ2) is 10.4. The summed E-state index contributed by atoms with van der Waals surface area (Å²) < 4.78 is 1.95. The Balaban J connectivity index is 1.52. The number of amides is 1. The van der Waals surface area contributed by atoms with Gasteiger partial charge >= 0.3 is 0 Å². The minimum atomic E-state index is -0.112. The molecule has 1 aromatic heterocycles. The molecule has 1 saturated heterocycles. The summed E-state index contributed by atoms with van der Waals surface area (Å²) >= 11 is 7.85. The maximum atomic E-state index is 12.9. The summed E-state index contributed by atoms with van der Waals surface area (Å²) in [6.45, 7) is 5.25. The largest absolute Gasteiger partial charge is 0.350 e. The fourth-order valence-corrected chi connectivity index (χ4v) is 4.94. The lowest BCUT2D eigenvalue weighted by Gasteiger charge is -2.19. The highest BCUT2D eigenvalue weighted by Gasteiger charge is 2.24. The highest BCUT2D eigenvalue weighted by Crippen LogP contribution is 2.32. The van der Waals surface area contributed by atoms with Gasteiger partial charge < -0.3 is 10.2 Å². The molecule has 2 aromatic carbocycles. The lowest BCUT2D eigenvalue weighted by Crippen LogP contribution is -2.23. The number of nitrogens with zero attached hydrogens (tertiary/aromatic N) is 4. The minimum Gasteiger partial charge on any atom is -0.350 e. The fraction of sp³-hybridized carbons (Fsp3) is 0.333. The molecular formula is C24H26ClN5O2S. The van der Waals surface area contributed by atoms with Gasteiger partial charge in [-0.3, -0.25) is 14.2 Å². The van der Waals surface area contributed by atoms with Crippen molar-refractivity contribution < 1.29 is 9.59 Å². The van der Waals surface area contributed by atoms with Crippen LogP contribution in [0.3, 0.4) is 0 Å². The van der Waals surface area contributed by atoms with Gasteiger partial charge in [-0.05, 0) is 37.5 Å². The first-order chi connectivity index (χ1) is 15.9. The highest BCUT2D eigenvalue weighted by molar-refractivity contribution is 7.99. The molecule has 4 rings (SSSR count). The van der Waals surface area contributed by atoms with E-state index < -0.39 is 0 Å². The van der Waals surface area contributed by atoms with E-state index in [0.29, 0.717) is 15.7 Å². The Bertz CT molecular complexity index is 1140. The van der Waals surface area contributed by atoms with Crippen molar-refractivity contribution in [2.24, 2.45) is 0 Å². The van der Waals surface area contributed by atoms with Gasteiger partial charge in [-0.25, -0.2) is 0 Å². The topological polar surface area (TPSA) is 80.1 Å². The molecule has 2 heterocycles. The molecule has 7 nitrogen and oxygen atoms in total. The monoisotopic (exact) mass is 483 g/mol. The number of halogens is 1. The molecule has 1 N–H and O–H groups in total. The molecule has 0 radical (unpaired) electrons. The molecule has 33 heavy (non-hydrogen) atoms. The van der Waals surface area contributed by atoms with E-state index in [-0.39, 0.29) is 23.5 Å². The molecular weight excluding hydrogens is 458 g/mol. The van der Waals surface area contributed by atoms with Crippen molar-refractivity contribution in [3.05, 3.63) is 64.7 Å². The number of anilines is 1. The first kappa shape index (κ1) is 23.3. The summed E-state index contributed by atoms with van der Waals surface area (Å²) in [7, 11) is 0. The first-order valence-corrected chi connectivity index (χ1v) is 12.3. The van der Waals surface area contributed by atoms with E-state index >= 15 is 0 Å². The summed E-state index contributed by atoms with van der Waals surface area (Å²) in [5, 5.41) is 12.9. The van der Waals surface area contributed by atoms with Crippen LogP contribution >= 0.6 is 23.4 Å². The Hall–Kier alpha value is -2.84. The van der Waals surface area contributed by atoms with Crippen molar-refractivity contribution in [2.75, 3.05) is 23.7 Å². The molecule has 1 fully saturated rings. The third-order valence-corrected chi connectivity index (χ3v) is 6.83. The van der Waals surface area contributed by atoms with Gasteiger partial charge in [-0.15, -0.1) is 10.2 Å². The van der Waals surface area contributed by atoms with Crippen LogP contribution in [-0.4, -0.2) is 45.3 Å². The molecule has 1 amide bonds. The van der Waals surface area contributed by atoms with Crippen LogP contribution in [0, 0.1) is 0 Å². The number of hydrogen-bond acceptors (Lipinski definition) is 6. The average Bonchev–Trinajstić information content (AvgIpc) is 3.47. The number of para-hydroxylation sites is 1. The van der Waals surface area contributed by atoms with E-state index in [9.17, 15) is 9.59 Å². The van der Waals surface area contributed by atoms with Crippen LogP contribution in [0.2, 0.25) is 5.02 Å². The number of Topliss-reactive ketones (excluding diaryl/α,β-unsaturated/α-hetero) is 1. The smallest absolute Gasteiger partial charge is 0.232 e. The van der Waals surface area contributed by atoms with E-state index in [4.69, 9.17) is 11.6 Å². The third kappa shape index (κ3) is 5.39. The van der Waals surface area contributed by atoms with Gasteiger partial charge in [0.15, 0.2) is 10.9 Å². The Morgan fingerprint density at radius 3 is 2.45 bits per heavy atom. The molecule has 1 unspecified atom stereocenters. The molecule has 0 bridgehead atoms. The first-order valence-electron chi connectivity index (χ1n) is 10.9. The molecule has 1 atom stereocenters. The van der Waals surface area contributed by atoms with Crippen molar-refractivity contribution >= 4 is 41.0 Å². The van der Waals surface area contributed by atoms with Crippen molar-refractivity contribution in [3.8, 4) is 5.69 Å². The summed E-state index contributed by atoms with van der Waals surface area (Å²) in [6, 6.07) is 14.8. The molecule has 0 saturated carbocycles. The van der Waals surface area contributed by atoms with Gasteiger partial charge in [0.25, 0.3) is 0 Å². The molecule has 172 valence electrons. The molecule has 3 aromatic rings. The van der Waals surface area contributed by atoms with Gasteiger partial charge in [-0.1, -0.05) is 59.8 Å². The summed E-state index contributed by atoms with van der Waals surface area (Å²) in [5.74, 6) is 0.889. The number of carbonyl (C=O) groups is 2. The van der Waals surface area contributed by atoms with Gasteiger partial charge in [-0.2, -0.15) is 0 Å². The van der Waals surface area contributed by atoms with E-state index in [1.807, 2.05) is 47.9 Å². The Kier molecular flexibility index (Phi) is 7.35. The van der Waals surface area contributed by atoms with Crippen LogP contribution < -0.4 is 10.2 Å². The van der Waals surface area contributed by atoms with Crippen molar-refractivity contribution in [1.82, 2.24) is 20.1 Å². The maximum absolute atomic E-state index is 12.9. The zero-order valence-corrected chi connectivity index (χ0v) is 20.2. The molecule has 0 aliphatic carbocycles. The number of thioether (sulfide) groups is 1. The normalized spacial score (nSPS) is 14.3. The average molecular weight is 484 g/mol. The molecule has 1 aliphatic heterocycles. The summed E-state index contributed by atoms with van der Waals surface area (Å²) in [4.78, 5) is 26.3. The minimum absolute atomic E-state index is 0.00448.